The van der Waals surface area contributed by atoms with Crippen LogP contribution in [0.1, 0.15) is 47.8 Å². The van der Waals surface area contributed by atoms with Gasteiger partial charge in [0.1, 0.15) is 5.75 Å². The molecule has 0 bridgehead atoms. The number of phenolic OH excluding ortho intramolecular Hbond substituents is 1. The maximum Gasteiger partial charge on any atom is 0.248 e. The summed E-state index contributed by atoms with van der Waals surface area (Å²) in [4.78, 5) is 14.2. The molecular weight excluding hydrogens is 400 g/mol. The number of benzene rings is 2. The van der Waals surface area contributed by atoms with Crippen LogP contribution in [0.3, 0.4) is 0 Å². The maximum atomic E-state index is 11.6. The fourth-order valence-corrected chi connectivity index (χ4v) is 4.51. The highest BCUT2D eigenvalue weighted by Crippen LogP contribution is 2.30. The zero-order chi connectivity index (χ0) is 20.5. The highest BCUT2D eigenvalue weighted by atomic mass is 35.5. The van der Waals surface area contributed by atoms with E-state index in [2.05, 4.69) is 36.3 Å². The van der Waals surface area contributed by atoms with E-state index >= 15 is 0 Å². The van der Waals surface area contributed by atoms with Crippen molar-refractivity contribution in [2.24, 2.45) is 0 Å². The van der Waals surface area contributed by atoms with E-state index in [1.54, 1.807) is 12.1 Å². The predicted molar refractivity (Wildman–Crippen MR) is 123 cm³/mol. The monoisotopic (exact) mass is 428 g/mol. The van der Waals surface area contributed by atoms with Crippen molar-refractivity contribution in [1.29, 1.82) is 0 Å². The van der Waals surface area contributed by atoms with Gasteiger partial charge in [0.15, 0.2) is 0 Å². The summed E-state index contributed by atoms with van der Waals surface area (Å²) < 4.78 is 0. The van der Waals surface area contributed by atoms with Gasteiger partial charge in [-0.15, -0.1) is 12.4 Å². The number of aromatic hydroxyl groups is 1. The van der Waals surface area contributed by atoms with Crippen LogP contribution in [0.15, 0.2) is 41.2 Å². The molecule has 5 nitrogen and oxygen atoms in total. The summed E-state index contributed by atoms with van der Waals surface area (Å²) in [5.41, 5.74) is 6.49. The van der Waals surface area contributed by atoms with Crippen LogP contribution in [0.25, 0.3) is 10.9 Å². The molecular formula is C24H29ClN2O3. The number of fused-ring (bicyclic) bond motifs is 2. The number of hydrogen-bond acceptors (Lipinski definition) is 4. The van der Waals surface area contributed by atoms with E-state index in [1.165, 1.54) is 34.4 Å². The van der Waals surface area contributed by atoms with Gasteiger partial charge >= 0.3 is 0 Å². The quantitative estimate of drug-likeness (QED) is 0.483. The van der Waals surface area contributed by atoms with Gasteiger partial charge in [-0.2, -0.15) is 0 Å². The first-order valence-corrected chi connectivity index (χ1v) is 10.4. The minimum atomic E-state index is -0.731. The minimum absolute atomic E-state index is 0. The highest BCUT2D eigenvalue weighted by Gasteiger charge is 2.23. The summed E-state index contributed by atoms with van der Waals surface area (Å²) in [7, 11) is 0. The van der Waals surface area contributed by atoms with Gasteiger partial charge in [0.05, 0.1) is 11.6 Å². The van der Waals surface area contributed by atoms with Crippen LogP contribution in [0.5, 0.6) is 5.75 Å². The third kappa shape index (κ3) is 4.24. The number of aryl methyl sites for hydroxylation is 2. The van der Waals surface area contributed by atoms with Gasteiger partial charge in [-0.05, 0) is 65.6 Å². The number of rotatable bonds is 6. The molecule has 1 atom stereocenters. The molecule has 0 saturated carbocycles. The van der Waals surface area contributed by atoms with E-state index < -0.39 is 6.10 Å². The van der Waals surface area contributed by atoms with Crippen LogP contribution in [0.2, 0.25) is 0 Å². The summed E-state index contributed by atoms with van der Waals surface area (Å²) in [6, 6.07) is 11.3. The average Bonchev–Trinajstić information content (AvgIpc) is 3.13. The number of halogens is 1. The van der Waals surface area contributed by atoms with Crippen LogP contribution in [0, 0.1) is 0 Å². The van der Waals surface area contributed by atoms with Crippen molar-refractivity contribution < 1.29 is 10.2 Å². The number of H-pyrrole nitrogens is 1. The summed E-state index contributed by atoms with van der Waals surface area (Å²) in [5.74, 6) is 0.00584. The molecule has 4 rings (SSSR count). The molecule has 6 heteroatoms. The van der Waals surface area contributed by atoms with Crippen molar-refractivity contribution in [3.63, 3.8) is 0 Å². The minimum Gasteiger partial charge on any atom is -0.506 e. The van der Waals surface area contributed by atoms with Crippen LogP contribution >= 0.6 is 12.4 Å². The second kappa shape index (κ2) is 9.21. The fourth-order valence-electron chi connectivity index (χ4n) is 4.51. The molecule has 0 fully saturated rings. The van der Waals surface area contributed by atoms with E-state index in [-0.39, 0.29) is 23.7 Å². The normalized spacial score (nSPS) is 14.5. The number of aromatic nitrogens is 1. The van der Waals surface area contributed by atoms with Gasteiger partial charge < -0.3 is 20.5 Å². The molecule has 0 unspecified atom stereocenters. The smallest absolute Gasteiger partial charge is 0.248 e. The van der Waals surface area contributed by atoms with E-state index in [0.717, 1.165) is 25.7 Å². The van der Waals surface area contributed by atoms with Gasteiger partial charge in [-0.1, -0.05) is 32.0 Å². The van der Waals surface area contributed by atoms with E-state index in [1.807, 2.05) is 0 Å². The lowest BCUT2D eigenvalue weighted by Crippen LogP contribution is -2.33. The van der Waals surface area contributed by atoms with E-state index in [0.29, 0.717) is 29.1 Å². The van der Waals surface area contributed by atoms with Gasteiger partial charge in [0.25, 0.3) is 0 Å². The first-order valence-electron chi connectivity index (χ1n) is 10.4. The molecule has 1 aliphatic carbocycles. The van der Waals surface area contributed by atoms with Crippen LogP contribution in [-0.2, 0) is 25.7 Å². The number of aromatic amines is 1. The molecule has 1 aliphatic rings. The predicted octanol–water partition coefficient (Wildman–Crippen LogP) is 3.57. The Kier molecular flexibility index (Phi) is 6.86. The van der Waals surface area contributed by atoms with E-state index in [4.69, 9.17) is 0 Å². The standard InChI is InChI=1S/C24H28N2O3.ClH/c1-3-14-9-16-11-18(12-17(16)10-15(14)4-2)25-13-22(28)19-5-7-21(27)24-20(19)6-8-23(29)26-24;/h5-10,18,22,25,27-28H,3-4,11-13H2,1-2H3,(H,26,29);1H/t22-;/m1./s1. The molecule has 2 aromatic carbocycles. The Bertz CT molecular complexity index is 1080. The molecule has 4 N–H and O–H groups in total. The largest absolute Gasteiger partial charge is 0.506 e. The number of aliphatic hydroxyl groups excluding tert-OH is 1. The molecule has 1 heterocycles. The molecule has 30 heavy (non-hydrogen) atoms. The average molecular weight is 429 g/mol. The molecule has 3 aromatic rings. The summed E-state index contributed by atoms with van der Waals surface area (Å²) in [5, 5.41) is 25.0. The molecule has 0 aliphatic heterocycles. The fraction of sp³-hybridized carbons (Fsp3) is 0.375. The van der Waals surface area contributed by atoms with Crippen molar-refractivity contribution >= 4 is 23.3 Å². The van der Waals surface area contributed by atoms with Gasteiger partial charge in [-0.25, -0.2) is 0 Å². The van der Waals surface area contributed by atoms with Crippen molar-refractivity contribution in [1.82, 2.24) is 10.3 Å². The molecule has 160 valence electrons. The van der Waals surface area contributed by atoms with Crippen molar-refractivity contribution in [3.8, 4) is 5.75 Å². The van der Waals surface area contributed by atoms with Gasteiger partial charge in [0.2, 0.25) is 5.56 Å². The number of hydrogen-bond donors (Lipinski definition) is 4. The Hall–Kier alpha value is -2.34. The van der Waals surface area contributed by atoms with Crippen LogP contribution in [-0.4, -0.2) is 27.8 Å². The highest BCUT2D eigenvalue weighted by molar-refractivity contribution is 5.87. The van der Waals surface area contributed by atoms with Crippen molar-refractivity contribution in [2.75, 3.05) is 6.54 Å². The number of aliphatic hydroxyl groups is 1. The maximum absolute atomic E-state index is 11.6. The summed E-state index contributed by atoms with van der Waals surface area (Å²) in [6.07, 6.45) is 3.34. The third-order valence-corrected chi connectivity index (χ3v) is 6.08. The molecule has 0 spiro atoms. The molecule has 1 aromatic heterocycles. The Morgan fingerprint density at radius 2 is 1.70 bits per heavy atom. The molecule has 0 radical (unpaired) electrons. The van der Waals surface area contributed by atoms with Crippen molar-refractivity contribution in [2.45, 2.75) is 51.7 Å². The van der Waals surface area contributed by atoms with Crippen LogP contribution < -0.4 is 10.9 Å². The Balaban J connectivity index is 0.00000256. The topological polar surface area (TPSA) is 85.3 Å². The Morgan fingerprint density at radius 1 is 1.07 bits per heavy atom. The zero-order valence-corrected chi connectivity index (χ0v) is 18.2. The Morgan fingerprint density at radius 3 is 2.30 bits per heavy atom. The lowest BCUT2D eigenvalue weighted by Gasteiger charge is -2.18. The number of pyridine rings is 1. The van der Waals surface area contributed by atoms with Crippen molar-refractivity contribution in [3.05, 3.63) is 74.6 Å². The number of nitrogens with one attached hydrogen (secondary N) is 2. The first-order chi connectivity index (χ1) is 14.0. The summed E-state index contributed by atoms with van der Waals surface area (Å²) >= 11 is 0. The first kappa shape index (κ1) is 22.3. The second-order valence-electron chi connectivity index (χ2n) is 7.91. The SMILES string of the molecule is CCc1cc2c(cc1CC)CC(NC[C@@H](O)c1ccc(O)c3[nH]c(=O)ccc13)C2.Cl. The number of phenols is 1. The zero-order valence-electron chi connectivity index (χ0n) is 17.4. The second-order valence-corrected chi connectivity index (χ2v) is 7.91. The molecule has 0 amide bonds. The summed E-state index contributed by atoms with van der Waals surface area (Å²) in [6.45, 7) is 4.83. The van der Waals surface area contributed by atoms with Gasteiger partial charge in [-0.3, -0.25) is 4.79 Å². The van der Waals surface area contributed by atoms with Gasteiger partial charge in [0, 0.05) is 24.0 Å². The third-order valence-electron chi connectivity index (χ3n) is 6.08. The van der Waals surface area contributed by atoms with E-state index in [9.17, 15) is 15.0 Å². The molecule has 0 saturated heterocycles. The van der Waals surface area contributed by atoms with Crippen LogP contribution in [0.4, 0.5) is 0 Å². The Labute approximate surface area is 182 Å². The lowest BCUT2D eigenvalue weighted by atomic mass is 9.97. The lowest BCUT2D eigenvalue weighted by molar-refractivity contribution is 0.171.